The Morgan fingerprint density at radius 1 is 1.06 bits per heavy atom. The van der Waals surface area contributed by atoms with Crippen molar-refractivity contribution in [2.45, 2.75) is 52.6 Å². The maximum atomic E-state index is 11.6. The van der Waals surface area contributed by atoms with Gasteiger partial charge in [-0.2, -0.15) is 0 Å². The first-order chi connectivity index (χ1) is 15.2. The van der Waals surface area contributed by atoms with Crippen molar-refractivity contribution in [3.8, 4) is 17.2 Å². The first-order valence-corrected chi connectivity index (χ1v) is 10.8. The summed E-state index contributed by atoms with van der Waals surface area (Å²) in [7, 11) is 0. The number of Topliss-reactive ketones (excluding diaryl/α,β-unsaturated/α-hetero) is 1. The van der Waals surface area contributed by atoms with E-state index in [9.17, 15) is 24.9 Å². The number of phenolic OH excluding ortho intramolecular Hbond substituents is 1. The number of hydrogen-bond donors (Lipinski definition) is 2. The number of carbonyl (C=O) groups is 2. The molecule has 2 rings (SSSR count). The molecule has 0 aliphatic rings. The van der Waals surface area contributed by atoms with E-state index >= 15 is 0 Å². The molecule has 8 heteroatoms. The molecule has 2 unspecified atom stereocenters. The van der Waals surface area contributed by atoms with Crippen molar-refractivity contribution in [2.75, 3.05) is 13.2 Å². The van der Waals surface area contributed by atoms with Crippen LogP contribution in [-0.4, -0.2) is 41.3 Å². The van der Waals surface area contributed by atoms with Gasteiger partial charge in [0.2, 0.25) is 0 Å². The number of aromatic hydroxyl groups is 1. The van der Waals surface area contributed by atoms with E-state index in [-0.39, 0.29) is 47.5 Å². The third kappa shape index (κ3) is 8.66. The Kier molecular flexibility index (Phi) is 12.5. The summed E-state index contributed by atoms with van der Waals surface area (Å²) in [6.07, 6.45) is 1.25. The summed E-state index contributed by atoms with van der Waals surface area (Å²) in [6, 6.07) is 10.4. The Morgan fingerprint density at radius 2 is 1.70 bits per heavy atom. The van der Waals surface area contributed by atoms with Gasteiger partial charge < -0.3 is 29.6 Å². The monoisotopic (exact) mass is 466 g/mol. The molecule has 0 amide bonds. The Bertz CT molecular complexity index is 912. The van der Waals surface area contributed by atoms with Crippen molar-refractivity contribution in [3.05, 3.63) is 53.1 Å². The molecule has 0 radical (unpaired) electrons. The first kappa shape index (κ1) is 29.0. The Labute approximate surface area is 217 Å². The molecule has 0 fully saturated rings. The number of carboxylic acids is 1. The molecule has 2 N–H and O–H groups in total. The largest absolute Gasteiger partial charge is 1.00 e. The molecule has 0 aromatic heterocycles. The molecule has 0 spiro atoms. The van der Waals surface area contributed by atoms with E-state index in [4.69, 9.17) is 9.47 Å². The van der Waals surface area contributed by atoms with Crippen LogP contribution in [0.1, 0.15) is 55.1 Å². The maximum Gasteiger partial charge on any atom is 1.00 e. The number of carboxylic acid groups (broad SMARTS) is 1. The molecule has 33 heavy (non-hydrogen) atoms. The zero-order chi connectivity index (χ0) is 23.7. The summed E-state index contributed by atoms with van der Waals surface area (Å²) in [5.74, 6) is -1.17. The van der Waals surface area contributed by atoms with Gasteiger partial charge in [0.15, 0.2) is 5.78 Å². The van der Waals surface area contributed by atoms with Gasteiger partial charge in [-0.3, -0.25) is 4.79 Å². The van der Waals surface area contributed by atoms with Crippen LogP contribution in [0.15, 0.2) is 36.4 Å². The second-order valence-electron chi connectivity index (χ2n) is 7.82. The normalized spacial score (nSPS) is 12.4. The minimum Gasteiger partial charge on any atom is -0.550 e. The van der Waals surface area contributed by atoms with Crippen molar-refractivity contribution < 1.29 is 63.9 Å². The van der Waals surface area contributed by atoms with Crippen molar-refractivity contribution in [1.82, 2.24) is 0 Å². The summed E-state index contributed by atoms with van der Waals surface area (Å²) in [6.45, 7) is 5.65. The molecular formula is C25H31NaO7. The smallest absolute Gasteiger partial charge is 0.550 e. The molecule has 0 saturated heterocycles. The molecular weight excluding hydrogens is 435 g/mol. The SMILES string of the molecule is CCCc1c(OCCCOc2ccc(CC(O)C(C)C(=O)[O-])cc2)ccc(C(C)=O)c1O.[Na+]. The topological polar surface area (TPSA) is 116 Å². The van der Waals surface area contributed by atoms with Gasteiger partial charge in [-0.15, -0.1) is 0 Å². The van der Waals surface area contributed by atoms with E-state index in [1.54, 1.807) is 36.4 Å². The quantitative estimate of drug-likeness (QED) is 0.236. The Balaban J connectivity index is 0.00000544. The molecule has 0 aliphatic carbocycles. The third-order valence-electron chi connectivity index (χ3n) is 5.25. The second-order valence-corrected chi connectivity index (χ2v) is 7.82. The number of aliphatic hydroxyl groups excluding tert-OH is 1. The zero-order valence-electron chi connectivity index (χ0n) is 19.8. The van der Waals surface area contributed by atoms with E-state index in [0.29, 0.717) is 48.7 Å². The summed E-state index contributed by atoms with van der Waals surface area (Å²) in [5, 5.41) is 31.1. The number of rotatable bonds is 13. The number of ketones is 1. The van der Waals surface area contributed by atoms with Crippen LogP contribution in [0, 0.1) is 5.92 Å². The van der Waals surface area contributed by atoms with E-state index in [0.717, 1.165) is 12.0 Å². The standard InChI is InChI=1S/C25H32O7.Na/c1-4-6-21-23(12-11-20(17(3)26)24(21)28)32-14-5-13-31-19-9-7-18(8-10-19)15-22(27)16(2)25(29)30;/h7-12,16,22,27-28H,4-6,13-15H2,1-3H3,(H,29,30);/q;+1/p-1. The summed E-state index contributed by atoms with van der Waals surface area (Å²) in [5.41, 5.74) is 1.75. The van der Waals surface area contributed by atoms with Gasteiger partial charge in [-0.1, -0.05) is 32.4 Å². The van der Waals surface area contributed by atoms with Gasteiger partial charge in [0, 0.05) is 23.9 Å². The average molecular weight is 467 g/mol. The molecule has 2 atom stereocenters. The minimum absolute atomic E-state index is 0. The van der Waals surface area contributed by atoms with Gasteiger partial charge in [0.25, 0.3) is 0 Å². The van der Waals surface area contributed by atoms with Gasteiger partial charge in [0.05, 0.1) is 24.9 Å². The van der Waals surface area contributed by atoms with Crippen LogP contribution in [0.25, 0.3) is 0 Å². The van der Waals surface area contributed by atoms with Crippen LogP contribution >= 0.6 is 0 Å². The van der Waals surface area contributed by atoms with Gasteiger partial charge >= 0.3 is 29.6 Å². The van der Waals surface area contributed by atoms with Crippen molar-refractivity contribution in [3.63, 3.8) is 0 Å². The van der Waals surface area contributed by atoms with Crippen LogP contribution < -0.4 is 44.1 Å². The summed E-state index contributed by atoms with van der Waals surface area (Å²) >= 11 is 0. The van der Waals surface area contributed by atoms with Crippen LogP contribution in [0.3, 0.4) is 0 Å². The fourth-order valence-corrected chi connectivity index (χ4v) is 3.26. The number of aliphatic carboxylic acids is 1. The summed E-state index contributed by atoms with van der Waals surface area (Å²) < 4.78 is 11.5. The number of benzene rings is 2. The number of aliphatic hydroxyl groups is 1. The van der Waals surface area contributed by atoms with E-state index in [2.05, 4.69) is 0 Å². The molecule has 0 saturated carbocycles. The number of carbonyl (C=O) groups excluding carboxylic acids is 2. The van der Waals surface area contributed by atoms with Crippen LogP contribution in [0.2, 0.25) is 0 Å². The molecule has 0 aliphatic heterocycles. The van der Waals surface area contributed by atoms with E-state index in [1.807, 2.05) is 6.92 Å². The second kappa shape index (κ2) is 14.3. The van der Waals surface area contributed by atoms with Crippen molar-refractivity contribution in [2.24, 2.45) is 5.92 Å². The molecule has 2 aromatic rings. The fraction of sp³-hybridized carbons (Fsp3) is 0.440. The molecule has 7 nitrogen and oxygen atoms in total. The average Bonchev–Trinajstić information content (AvgIpc) is 2.75. The zero-order valence-corrected chi connectivity index (χ0v) is 21.8. The third-order valence-corrected chi connectivity index (χ3v) is 5.25. The summed E-state index contributed by atoms with van der Waals surface area (Å²) in [4.78, 5) is 22.5. The van der Waals surface area contributed by atoms with Gasteiger partial charge in [0.1, 0.15) is 17.2 Å². The molecule has 174 valence electrons. The number of ether oxygens (including phenoxy) is 2. The van der Waals surface area contributed by atoms with Gasteiger partial charge in [-0.05, 0) is 49.6 Å². The van der Waals surface area contributed by atoms with Gasteiger partial charge in [-0.25, -0.2) is 0 Å². The van der Waals surface area contributed by atoms with E-state index in [1.165, 1.54) is 13.8 Å². The fourth-order valence-electron chi connectivity index (χ4n) is 3.26. The Morgan fingerprint density at radius 3 is 2.27 bits per heavy atom. The number of hydrogen-bond acceptors (Lipinski definition) is 7. The molecule has 0 bridgehead atoms. The van der Waals surface area contributed by atoms with Crippen LogP contribution in [0.4, 0.5) is 0 Å². The van der Waals surface area contributed by atoms with E-state index < -0.39 is 18.0 Å². The van der Waals surface area contributed by atoms with Crippen molar-refractivity contribution in [1.29, 1.82) is 0 Å². The maximum absolute atomic E-state index is 11.6. The Hall–Kier alpha value is -2.06. The van der Waals surface area contributed by atoms with Crippen LogP contribution in [0.5, 0.6) is 17.2 Å². The minimum atomic E-state index is -1.27. The molecule has 2 aromatic carbocycles. The van der Waals surface area contributed by atoms with Crippen molar-refractivity contribution >= 4 is 11.8 Å². The first-order valence-electron chi connectivity index (χ1n) is 10.8. The predicted molar refractivity (Wildman–Crippen MR) is 118 cm³/mol. The predicted octanol–water partition coefficient (Wildman–Crippen LogP) is -0.311. The van der Waals surface area contributed by atoms with Crippen LogP contribution in [-0.2, 0) is 17.6 Å². The number of phenols is 1. The molecule has 0 heterocycles.